The summed E-state index contributed by atoms with van der Waals surface area (Å²) >= 11 is 0. The number of nitrogens with one attached hydrogen (secondary N) is 1. The summed E-state index contributed by atoms with van der Waals surface area (Å²) in [4.78, 5) is 14.5. The first-order chi connectivity index (χ1) is 9.74. The van der Waals surface area contributed by atoms with Gasteiger partial charge < -0.3 is 10.2 Å². The van der Waals surface area contributed by atoms with Crippen LogP contribution in [0.15, 0.2) is 24.3 Å². The summed E-state index contributed by atoms with van der Waals surface area (Å²) in [7, 11) is 0. The minimum atomic E-state index is 0.155. The van der Waals surface area contributed by atoms with Gasteiger partial charge >= 0.3 is 0 Å². The predicted molar refractivity (Wildman–Crippen MR) is 83.0 cm³/mol. The Hall–Kier alpha value is -1.35. The summed E-state index contributed by atoms with van der Waals surface area (Å²) in [6.45, 7) is 6.87. The molecule has 0 aromatic heterocycles. The van der Waals surface area contributed by atoms with Crippen molar-refractivity contribution in [2.45, 2.75) is 45.6 Å². The SMILES string of the molecule is CCc1ccc(C(=O)N(CC)CC2CCCCN2)cc1. The lowest BCUT2D eigenvalue weighted by Gasteiger charge is -2.30. The Labute approximate surface area is 122 Å². The first-order valence-electron chi connectivity index (χ1n) is 7.86. The van der Waals surface area contributed by atoms with E-state index in [9.17, 15) is 4.79 Å². The van der Waals surface area contributed by atoms with Gasteiger partial charge in [0.1, 0.15) is 0 Å². The maximum atomic E-state index is 12.5. The van der Waals surface area contributed by atoms with E-state index in [2.05, 4.69) is 31.3 Å². The van der Waals surface area contributed by atoms with Gasteiger partial charge in [-0.3, -0.25) is 4.79 Å². The molecule has 20 heavy (non-hydrogen) atoms. The third kappa shape index (κ3) is 3.83. The van der Waals surface area contributed by atoms with Crippen LogP contribution in [0.5, 0.6) is 0 Å². The summed E-state index contributed by atoms with van der Waals surface area (Å²) < 4.78 is 0. The zero-order valence-corrected chi connectivity index (χ0v) is 12.7. The molecule has 1 heterocycles. The molecule has 0 aliphatic carbocycles. The average molecular weight is 274 g/mol. The van der Waals surface area contributed by atoms with Crippen molar-refractivity contribution in [2.75, 3.05) is 19.6 Å². The molecule has 2 rings (SSSR count). The Morgan fingerprint density at radius 2 is 2.00 bits per heavy atom. The number of benzene rings is 1. The van der Waals surface area contributed by atoms with Gasteiger partial charge in [-0.2, -0.15) is 0 Å². The van der Waals surface area contributed by atoms with Gasteiger partial charge in [0.05, 0.1) is 0 Å². The van der Waals surface area contributed by atoms with Crippen molar-refractivity contribution in [3.63, 3.8) is 0 Å². The molecule has 1 aliphatic rings. The summed E-state index contributed by atoms with van der Waals surface area (Å²) in [6.07, 6.45) is 4.72. The Balaban J connectivity index is 1.99. The van der Waals surface area contributed by atoms with E-state index >= 15 is 0 Å². The van der Waals surface area contributed by atoms with E-state index < -0.39 is 0 Å². The monoisotopic (exact) mass is 274 g/mol. The van der Waals surface area contributed by atoms with Crippen LogP contribution >= 0.6 is 0 Å². The minimum absolute atomic E-state index is 0.155. The quantitative estimate of drug-likeness (QED) is 0.895. The van der Waals surface area contributed by atoms with Crippen LogP contribution in [0.25, 0.3) is 0 Å². The van der Waals surface area contributed by atoms with Crippen molar-refractivity contribution in [1.29, 1.82) is 0 Å². The molecular weight excluding hydrogens is 248 g/mol. The largest absolute Gasteiger partial charge is 0.337 e. The molecule has 1 aliphatic heterocycles. The van der Waals surface area contributed by atoms with E-state index in [1.807, 2.05) is 17.0 Å². The van der Waals surface area contributed by atoms with Gasteiger partial charge in [-0.05, 0) is 50.4 Å². The smallest absolute Gasteiger partial charge is 0.253 e. The molecule has 1 N–H and O–H groups in total. The number of aryl methyl sites for hydroxylation is 1. The summed E-state index contributed by atoms with van der Waals surface area (Å²) in [5.74, 6) is 0.155. The highest BCUT2D eigenvalue weighted by atomic mass is 16.2. The number of hydrogen-bond donors (Lipinski definition) is 1. The molecule has 1 saturated heterocycles. The second kappa shape index (κ2) is 7.44. The maximum Gasteiger partial charge on any atom is 0.253 e. The van der Waals surface area contributed by atoms with Crippen molar-refractivity contribution in [2.24, 2.45) is 0 Å². The topological polar surface area (TPSA) is 32.3 Å². The molecule has 1 fully saturated rings. The fraction of sp³-hybridized carbons (Fsp3) is 0.588. The fourth-order valence-corrected chi connectivity index (χ4v) is 2.77. The van der Waals surface area contributed by atoms with Crippen LogP contribution in [0.4, 0.5) is 0 Å². The van der Waals surface area contributed by atoms with E-state index in [0.29, 0.717) is 6.04 Å². The second-order valence-electron chi connectivity index (χ2n) is 5.54. The molecule has 0 radical (unpaired) electrons. The molecule has 1 atom stereocenters. The molecule has 1 aromatic carbocycles. The number of carbonyl (C=O) groups excluding carboxylic acids is 1. The summed E-state index contributed by atoms with van der Waals surface area (Å²) in [5.41, 5.74) is 2.08. The molecule has 3 heteroatoms. The highest BCUT2D eigenvalue weighted by Crippen LogP contribution is 2.12. The molecule has 1 aromatic rings. The van der Waals surface area contributed by atoms with E-state index in [0.717, 1.165) is 31.6 Å². The van der Waals surface area contributed by atoms with E-state index in [-0.39, 0.29) is 5.91 Å². The zero-order chi connectivity index (χ0) is 14.4. The highest BCUT2D eigenvalue weighted by Gasteiger charge is 2.20. The molecule has 110 valence electrons. The van der Waals surface area contributed by atoms with E-state index in [1.54, 1.807) is 0 Å². The molecule has 1 unspecified atom stereocenters. The number of likely N-dealkylation sites (N-methyl/N-ethyl adjacent to an activating group) is 1. The number of amides is 1. The molecule has 1 amide bonds. The molecule has 0 saturated carbocycles. The van der Waals surface area contributed by atoms with Crippen LogP contribution in [-0.4, -0.2) is 36.5 Å². The number of hydrogen-bond acceptors (Lipinski definition) is 2. The van der Waals surface area contributed by atoms with Gasteiger partial charge in [0.2, 0.25) is 0 Å². The summed E-state index contributed by atoms with van der Waals surface area (Å²) in [6, 6.07) is 8.48. The third-order valence-corrected chi connectivity index (χ3v) is 4.13. The minimum Gasteiger partial charge on any atom is -0.337 e. The van der Waals surface area contributed by atoms with Crippen LogP contribution < -0.4 is 5.32 Å². The first kappa shape index (κ1) is 15.0. The standard InChI is InChI=1S/C17H26N2O/c1-3-14-8-10-15(11-9-14)17(20)19(4-2)13-16-7-5-6-12-18-16/h8-11,16,18H,3-7,12-13H2,1-2H3. The molecule has 3 nitrogen and oxygen atoms in total. The van der Waals surface area contributed by atoms with Gasteiger partial charge in [0.25, 0.3) is 5.91 Å². The number of nitrogens with zero attached hydrogens (tertiary/aromatic N) is 1. The van der Waals surface area contributed by atoms with Gasteiger partial charge in [0, 0.05) is 24.7 Å². The Morgan fingerprint density at radius 3 is 2.55 bits per heavy atom. The number of piperidine rings is 1. The van der Waals surface area contributed by atoms with Crippen LogP contribution in [0.1, 0.15) is 49.0 Å². The third-order valence-electron chi connectivity index (χ3n) is 4.13. The van der Waals surface area contributed by atoms with Crippen molar-refractivity contribution in [3.8, 4) is 0 Å². The van der Waals surface area contributed by atoms with Crippen LogP contribution in [-0.2, 0) is 6.42 Å². The predicted octanol–water partition coefficient (Wildman–Crippen LogP) is 2.85. The summed E-state index contributed by atoms with van der Waals surface area (Å²) in [5, 5.41) is 3.51. The zero-order valence-electron chi connectivity index (χ0n) is 12.7. The lowest BCUT2D eigenvalue weighted by atomic mass is 10.0. The van der Waals surface area contributed by atoms with Gasteiger partial charge in [-0.15, -0.1) is 0 Å². The molecular formula is C17H26N2O. The lowest BCUT2D eigenvalue weighted by molar-refractivity contribution is 0.0741. The van der Waals surface area contributed by atoms with E-state index in [1.165, 1.54) is 24.8 Å². The maximum absolute atomic E-state index is 12.5. The van der Waals surface area contributed by atoms with Gasteiger partial charge in [0.15, 0.2) is 0 Å². The van der Waals surface area contributed by atoms with Crippen LogP contribution in [0, 0.1) is 0 Å². The van der Waals surface area contributed by atoms with E-state index in [4.69, 9.17) is 0 Å². The van der Waals surface area contributed by atoms with Gasteiger partial charge in [-0.1, -0.05) is 25.5 Å². The Kier molecular flexibility index (Phi) is 5.60. The lowest BCUT2D eigenvalue weighted by Crippen LogP contribution is -2.45. The van der Waals surface area contributed by atoms with Crippen LogP contribution in [0.3, 0.4) is 0 Å². The molecule has 0 spiro atoms. The van der Waals surface area contributed by atoms with Crippen molar-refractivity contribution >= 4 is 5.91 Å². The molecule has 0 bridgehead atoms. The van der Waals surface area contributed by atoms with Gasteiger partial charge in [-0.25, -0.2) is 0 Å². The Morgan fingerprint density at radius 1 is 1.25 bits per heavy atom. The number of carbonyl (C=O) groups is 1. The van der Waals surface area contributed by atoms with Crippen molar-refractivity contribution in [1.82, 2.24) is 10.2 Å². The van der Waals surface area contributed by atoms with Crippen LogP contribution in [0.2, 0.25) is 0 Å². The second-order valence-corrected chi connectivity index (χ2v) is 5.54. The number of rotatable bonds is 5. The first-order valence-corrected chi connectivity index (χ1v) is 7.86. The highest BCUT2D eigenvalue weighted by molar-refractivity contribution is 5.94. The Bertz CT molecular complexity index is 421. The average Bonchev–Trinajstić information content (AvgIpc) is 2.53. The van der Waals surface area contributed by atoms with Crippen molar-refractivity contribution < 1.29 is 4.79 Å². The normalized spacial score (nSPS) is 18.8. The van der Waals surface area contributed by atoms with Crippen molar-refractivity contribution in [3.05, 3.63) is 35.4 Å². The fourth-order valence-electron chi connectivity index (χ4n) is 2.77.